The molecule has 2 fully saturated rings. The maximum absolute atomic E-state index is 9.90. The molecule has 0 radical (unpaired) electrons. The number of hydrogen-bond acceptors (Lipinski definition) is 3. The van der Waals surface area contributed by atoms with Gasteiger partial charge in [-0.3, -0.25) is 10.2 Å². The first-order valence-corrected chi connectivity index (χ1v) is 6.48. The molecule has 2 rings (SSSR count). The fourth-order valence-corrected chi connectivity index (χ4v) is 2.69. The Kier molecular flexibility index (Phi) is 4.00. The molecule has 1 heterocycles. The van der Waals surface area contributed by atoms with Crippen molar-refractivity contribution in [3.05, 3.63) is 11.6 Å². The number of rotatable bonds is 4. The number of nitrogens with one attached hydrogen (secondary N) is 1. The minimum atomic E-state index is -0.413. The molecule has 92 valence electrons. The van der Waals surface area contributed by atoms with E-state index >= 15 is 0 Å². The molecular weight excluding hydrogens is 200 g/mol. The van der Waals surface area contributed by atoms with E-state index in [4.69, 9.17) is 0 Å². The number of aliphatic hydroxyl groups is 1. The zero-order valence-electron chi connectivity index (χ0n) is 10.4. The van der Waals surface area contributed by atoms with E-state index in [2.05, 4.69) is 30.1 Å². The monoisotopic (exact) mass is 224 g/mol. The van der Waals surface area contributed by atoms with Crippen molar-refractivity contribution in [3.63, 3.8) is 0 Å². The molecule has 0 aromatic heterocycles. The van der Waals surface area contributed by atoms with Gasteiger partial charge < -0.3 is 5.11 Å². The normalized spacial score (nSPS) is 32.2. The summed E-state index contributed by atoms with van der Waals surface area (Å²) in [5.41, 5.74) is 1.41. The van der Waals surface area contributed by atoms with Crippen LogP contribution in [-0.2, 0) is 0 Å². The molecule has 1 aliphatic heterocycles. The molecule has 1 aliphatic carbocycles. The van der Waals surface area contributed by atoms with E-state index in [1.807, 2.05) is 0 Å². The Morgan fingerprint density at radius 2 is 2.12 bits per heavy atom. The Labute approximate surface area is 98.5 Å². The number of aliphatic hydroxyl groups excluding tert-OH is 1. The van der Waals surface area contributed by atoms with E-state index in [1.54, 1.807) is 0 Å². The van der Waals surface area contributed by atoms with Gasteiger partial charge in [0.1, 0.15) is 0 Å². The molecule has 3 atom stereocenters. The van der Waals surface area contributed by atoms with Crippen LogP contribution in [0.3, 0.4) is 0 Å². The fraction of sp³-hybridized carbons (Fsp3) is 0.846. The fourth-order valence-electron chi connectivity index (χ4n) is 2.69. The molecule has 0 bridgehead atoms. The first kappa shape index (κ1) is 12.1. The van der Waals surface area contributed by atoms with Gasteiger partial charge in [0.25, 0.3) is 0 Å². The molecular formula is C13H24N2O. The predicted octanol–water partition coefficient (Wildman–Crippen LogP) is 1.69. The van der Waals surface area contributed by atoms with Crippen LogP contribution in [-0.4, -0.2) is 35.5 Å². The lowest BCUT2D eigenvalue weighted by Gasteiger charge is -2.36. The quantitative estimate of drug-likeness (QED) is 0.563. The van der Waals surface area contributed by atoms with Gasteiger partial charge in [0.05, 0.1) is 0 Å². The lowest BCUT2D eigenvalue weighted by atomic mass is 10.1. The van der Waals surface area contributed by atoms with Gasteiger partial charge in [-0.15, -0.1) is 0 Å². The van der Waals surface area contributed by atoms with Gasteiger partial charge in [-0.1, -0.05) is 11.6 Å². The van der Waals surface area contributed by atoms with Crippen molar-refractivity contribution >= 4 is 0 Å². The molecule has 3 nitrogen and oxygen atoms in total. The SMILES string of the molecule is CC(C)=CC1CCC(NC(O)N2CCC2)C1. The second-order valence-corrected chi connectivity index (χ2v) is 5.44. The van der Waals surface area contributed by atoms with Crippen LogP contribution in [0, 0.1) is 5.92 Å². The summed E-state index contributed by atoms with van der Waals surface area (Å²) in [4.78, 5) is 2.09. The van der Waals surface area contributed by atoms with Gasteiger partial charge >= 0.3 is 0 Å². The molecule has 0 amide bonds. The summed E-state index contributed by atoms with van der Waals surface area (Å²) in [6.45, 7) is 6.40. The maximum Gasteiger partial charge on any atom is 0.163 e. The molecule has 0 spiro atoms. The Morgan fingerprint density at radius 1 is 1.38 bits per heavy atom. The van der Waals surface area contributed by atoms with Crippen LogP contribution >= 0.6 is 0 Å². The molecule has 0 aromatic rings. The molecule has 0 aromatic carbocycles. The first-order valence-electron chi connectivity index (χ1n) is 6.48. The van der Waals surface area contributed by atoms with Gasteiger partial charge in [0.2, 0.25) is 0 Å². The molecule has 1 saturated carbocycles. The first-order chi connectivity index (χ1) is 7.65. The van der Waals surface area contributed by atoms with Crippen molar-refractivity contribution in [2.45, 2.75) is 51.9 Å². The summed E-state index contributed by atoms with van der Waals surface area (Å²) < 4.78 is 0. The Hall–Kier alpha value is -0.380. The van der Waals surface area contributed by atoms with Crippen LogP contribution in [0.2, 0.25) is 0 Å². The molecule has 2 aliphatic rings. The van der Waals surface area contributed by atoms with Crippen molar-refractivity contribution in [2.75, 3.05) is 13.1 Å². The van der Waals surface area contributed by atoms with E-state index in [9.17, 15) is 5.11 Å². The van der Waals surface area contributed by atoms with Crippen molar-refractivity contribution in [3.8, 4) is 0 Å². The number of nitrogens with zero attached hydrogens (tertiary/aromatic N) is 1. The van der Waals surface area contributed by atoms with Crippen LogP contribution in [0.15, 0.2) is 11.6 Å². The van der Waals surface area contributed by atoms with Gasteiger partial charge in [0.15, 0.2) is 6.35 Å². The Bertz CT molecular complexity index is 257. The molecule has 1 saturated heterocycles. The summed E-state index contributed by atoms with van der Waals surface area (Å²) in [6.07, 6.45) is 6.82. The summed E-state index contributed by atoms with van der Waals surface area (Å²) in [5, 5.41) is 13.2. The summed E-state index contributed by atoms with van der Waals surface area (Å²) in [6, 6.07) is 0.496. The standard InChI is InChI=1S/C13H24N2O/c1-10(2)8-11-4-5-12(9-11)14-13(16)15-6-3-7-15/h8,11-14,16H,3-7,9H2,1-2H3. The van der Waals surface area contributed by atoms with Crippen LogP contribution in [0.1, 0.15) is 39.5 Å². The minimum absolute atomic E-state index is 0.413. The third kappa shape index (κ3) is 3.06. The van der Waals surface area contributed by atoms with E-state index in [1.165, 1.54) is 31.3 Å². The van der Waals surface area contributed by atoms with Gasteiger partial charge in [-0.2, -0.15) is 0 Å². The maximum atomic E-state index is 9.90. The zero-order valence-corrected chi connectivity index (χ0v) is 10.4. The number of allylic oxidation sites excluding steroid dienone is 2. The van der Waals surface area contributed by atoms with E-state index in [0.29, 0.717) is 12.0 Å². The lowest BCUT2D eigenvalue weighted by molar-refractivity contribution is -0.0627. The van der Waals surface area contributed by atoms with Gasteiger partial charge in [-0.25, -0.2) is 0 Å². The van der Waals surface area contributed by atoms with Gasteiger partial charge in [-0.05, 0) is 45.4 Å². The second-order valence-electron chi connectivity index (χ2n) is 5.44. The predicted molar refractivity (Wildman–Crippen MR) is 65.9 cm³/mol. The highest BCUT2D eigenvalue weighted by molar-refractivity contribution is 5.01. The highest BCUT2D eigenvalue weighted by Crippen LogP contribution is 2.28. The average Bonchev–Trinajstić information content (AvgIpc) is 2.47. The summed E-state index contributed by atoms with van der Waals surface area (Å²) >= 11 is 0. The van der Waals surface area contributed by atoms with Crippen molar-refractivity contribution in [1.82, 2.24) is 10.2 Å². The smallest absolute Gasteiger partial charge is 0.163 e. The lowest BCUT2D eigenvalue weighted by Crippen LogP contribution is -2.54. The highest BCUT2D eigenvalue weighted by Gasteiger charge is 2.28. The van der Waals surface area contributed by atoms with Crippen LogP contribution < -0.4 is 5.32 Å². The van der Waals surface area contributed by atoms with Crippen molar-refractivity contribution < 1.29 is 5.11 Å². The third-order valence-electron chi connectivity index (χ3n) is 3.66. The van der Waals surface area contributed by atoms with Gasteiger partial charge in [0, 0.05) is 19.1 Å². The largest absolute Gasteiger partial charge is 0.365 e. The minimum Gasteiger partial charge on any atom is -0.365 e. The summed E-state index contributed by atoms with van der Waals surface area (Å²) in [5.74, 6) is 0.714. The number of likely N-dealkylation sites (tertiary alicyclic amines) is 1. The van der Waals surface area contributed by atoms with Crippen LogP contribution in [0.4, 0.5) is 0 Å². The van der Waals surface area contributed by atoms with E-state index < -0.39 is 6.35 Å². The highest BCUT2D eigenvalue weighted by atomic mass is 16.3. The molecule has 3 unspecified atom stereocenters. The average molecular weight is 224 g/mol. The summed E-state index contributed by atoms with van der Waals surface area (Å²) in [7, 11) is 0. The van der Waals surface area contributed by atoms with Crippen molar-refractivity contribution in [1.29, 1.82) is 0 Å². The van der Waals surface area contributed by atoms with Crippen molar-refractivity contribution in [2.24, 2.45) is 5.92 Å². The van der Waals surface area contributed by atoms with Crippen LogP contribution in [0.5, 0.6) is 0 Å². The van der Waals surface area contributed by atoms with E-state index in [0.717, 1.165) is 13.1 Å². The molecule has 16 heavy (non-hydrogen) atoms. The van der Waals surface area contributed by atoms with E-state index in [-0.39, 0.29) is 0 Å². The molecule has 3 heteroatoms. The zero-order chi connectivity index (χ0) is 11.5. The molecule has 2 N–H and O–H groups in total. The Balaban J connectivity index is 1.73. The third-order valence-corrected chi connectivity index (χ3v) is 3.66. The van der Waals surface area contributed by atoms with Crippen LogP contribution in [0.25, 0.3) is 0 Å². The Morgan fingerprint density at radius 3 is 2.69 bits per heavy atom. The topological polar surface area (TPSA) is 35.5 Å². The number of hydrogen-bond donors (Lipinski definition) is 2. The second kappa shape index (κ2) is 5.30.